The van der Waals surface area contributed by atoms with Gasteiger partial charge in [-0.05, 0) is 34.1 Å². The van der Waals surface area contributed by atoms with Gasteiger partial charge in [0, 0.05) is 6.61 Å². The number of carboxylic acid groups (broad SMARTS) is 1. The van der Waals surface area contributed by atoms with E-state index < -0.39 is 21.5 Å². The van der Waals surface area contributed by atoms with Crippen molar-refractivity contribution in [1.29, 1.82) is 0 Å². The normalized spacial score (nSPS) is 26.2. The number of aryl methyl sites for hydroxylation is 2. The molecule has 0 spiro atoms. The van der Waals surface area contributed by atoms with Crippen LogP contribution in [0.5, 0.6) is 0 Å². The second-order valence-electron chi connectivity index (χ2n) is 5.51. The number of ether oxygens (including phenoxy) is 1. The molecule has 1 aromatic heterocycles. The van der Waals surface area contributed by atoms with Crippen LogP contribution >= 0.6 is 0 Å². The predicted molar refractivity (Wildman–Crippen MR) is 73.9 cm³/mol. The number of furan rings is 1. The van der Waals surface area contributed by atoms with Gasteiger partial charge < -0.3 is 14.3 Å². The van der Waals surface area contributed by atoms with E-state index in [1.807, 2.05) is 0 Å². The fraction of sp³-hybridized carbons (Fsp3) is 0.615. The van der Waals surface area contributed by atoms with Gasteiger partial charge in [-0.1, -0.05) is 0 Å². The molecule has 1 fully saturated rings. The lowest BCUT2D eigenvalue weighted by molar-refractivity contribution is 0.0691. The van der Waals surface area contributed by atoms with E-state index in [4.69, 9.17) is 9.15 Å². The fourth-order valence-corrected chi connectivity index (χ4v) is 4.46. The minimum atomic E-state index is -4.03. The summed E-state index contributed by atoms with van der Waals surface area (Å²) in [5.41, 5.74) is -1.10. The van der Waals surface area contributed by atoms with Crippen molar-refractivity contribution in [3.8, 4) is 0 Å². The summed E-state index contributed by atoms with van der Waals surface area (Å²) in [5, 5.41) is 9.22. The quantitative estimate of drug-likeness (QED) is 0.870. The largest absolute Gasteiger partial charge is 0.478 e. The van der Waals surface area contributed by atoms with Gasteiger partial charge in [0.25, 0.3) is 0 Å². The zero-order chi connectivity index (χ0) is 16.0. The second kappa shape index (κ2) is 5.11. The number of hydrogen-bond donors (Lipinski definition) is 2. The Bertz CT molecular complexity index is 677. The number of carboxylic acids is 1. The molecule has 8 heteroatoms. The summed E-state index contributed by atoms with van der Waals surface area (Å²) in [7, 11) is -4.03. The molecular weight excluding hydrogens is 298 g/mol. The molecule has 1 aliphatic heterocycles. The summed E-state index contributed by atoms with van der Waals surface area (Å²) in [6, 6.07) is 0. The molecular formula is C13H19NO6S. The maximum absolute atomic E-state index is 12.6. The average molecular weight is 317 g/mol. The van der Waals surface area contributed by atoms with Crippen molar-refractivity contribution in [3.63, 3.8) is 0 Å². The molecule has 0 bridgehead atoms. The van der Waals surface area contributed by atoms with Crippen molar-refractivity contribution in [2.75, 3.05) is 6.61 Å². The third-order valence-corrected chi connectivity index (χ3v) is 5.71. The molecule has 2 atom stereocenters. The Labute approximate surface area is 123 Å². The van der Waals surface area contributed by atoms with Crippen LogP contribution in [0.2, 0.25) is 0 Å². The van der Waals surface area contributed by atoms with Gasteiger partial charge in [0.15, 0.2) is 0 Å². The zero-order valence-electron chi connectivity index (χ0n) is 12.4. The van der Waals surface area contributed by atoms with Crippen molar-refractivity contribution in [3.05, 3.63) is 17.1 Å². The van der Waals surface area contributed by atoms with Gasteiger partial charge in [-0.25, -0.2) is 17.9 Å². The van der Waals surface area contributed by atoms with Crippen molar-refractivity contribution in [2.24, 2.45) is 0 Å². The topological polar surface area (TPSA) is 106 Å². The van der Waals surface area contributed by atoms with Gasteiger partial charge in [0.2, 0.25) is 10.0 Å². The number of carbonyl (C=O) groups is 1. The molecule has 1 aliphatic rings. The Balaban J connectivity index is 2.48. The Morgan fingerprint density at radius 1 is 1.38 bits per heavy atom. The average Bonchev–Trinajstić information content (AvgIpc) is 2.79. The summed E-state index contributed by atoms with van der Waals surface area (Å²) in [6.07, 6.45) is 0.222. The molecule has 0 aliphatic carbocycles. The molecule has 21 heavy (non-hydrogen) atoms. The van der Waals surface area contributed by atoms with Gasteiger partial charge in [0.05, 0.1) is 11.6 Å². The highest BCUT2D eigenvalue weighted by atomic mass is 32.2. The summed E-state index contributed by atoms with van der Waals surface area (Å²) >= 11 is 0. The molecule has 118 valence electrons. The molecule has 2 rings (SSSR count). The number of rotatable bonds is 4. The smallest absolute Gasteiger partial charge is 0.340 e. The Hall–Kier alpha value is -1.38. The molecule has 2 heterocycles. The minimum Gasteiger partial charge on any atom is -0.478 e. The van der Waals surface area contributed by atoms with Gasteiger partial charge in [0.1, 0.15) is 22.0 Å². The van der Waals surface area contributed by atoms with E-state index in [1.54, 1.807) is 13.8 Å². The zero-order valence-corrected chi connectivity index (χ0v) is 13.2. The van der Waals surface area contributed by atoms with E-state index in [-0.39, 0.29) is 28.1 Å². The Morgan fingerprint density at radius 3 is 2.48 bits per heavy atom. The molecule has 1 saturated heterocycles. The number of sulfonamides is 1. The van der Waals surface area contributed by atoms with Crippen LogP contribution in [0.4, 0.5) is 0 Å². The first kappa shape index (κ1) is 16.0. The molecule has 2 unspecified atom stereocenters. The number of aromatic carboxylic acids is 1. The molecule has 7 nitrogen and oxygen atoms in total. The molecule has 1 aromatic rings. The Kier molecular flexibility index (Phi) is 3.90. The summed E-state index contributed by atoms with van der Waals surface area (Å²) < 4.78 is 38.4. The van der Waals surface area contributed by atoms with E-state index >= 15 is 0 Å². The first-order valence-electron chi connectivity index (χ1n) is 6.57. The number of hydrogen-bond acceptors (Lipinski definition) is 5. The van der Waals surface area contributed by atoms with Gasteiger partial charge in [-0.2, -0.15) is 0 Å². The van der Waals surface area contributed by atoms with Crippen molar-refractivity contribution in [2.45, 2.75) is 50.7 Å². The van der Waals surface area contributed by atoms with Crippen molar-refractivity contribution >= 4 is 16.0 Å². The highest BCUT2D eigenvalue weighted by molar-refractivity contribution is 7.89. The first-order chi connectivity index (χ1) is 9.58. The van der Waals surface area contributed by atoms with Crippen molar-refractivity contribution in [1.82, 2.24) is 4.72 Å². The molecule has 0 amide bonds. The first-order valence-corrected chi connectivity index (χ1v) is 8.05. The third-order valence-electron chi connectivity index (χ3n) is 3.94. The summed E-state index contributed by atoms with van der Waals surface area (Å²) in [5.74, 6) is -1.19. The SMILES string of the molecule is Cc1oc(C)c(S(=O)(=O)NC2(C)CCOC2C)c1C(=O)O. The highest BCUT2D eigenvalue weighted by Gasteiger charge is 2.42. The van der Waals surface area contributed by atoms with Crippen LogP contribution in [-0.4, -0.2) is 37.7 Å². The lowest BCUT2D eigenvalue weighted by atomic mass is 9.97. The van der Waals surface area contributed by atoms with Crippen LogP contribution in [-0.2, 0) is 14.8 Å². The Morgan fingerprint density at radius 2 is 2.00 bits per heavy atom. The standard InChI is InChI=1S/C13H19NO6S/c1-7-10(12(15)16)11(8(2)20-7)21(17,18)14-13(4)5-6-19-9(13)3/h9,14H,5-6H2,1-4H3,(H,15,16). The summed E-state index contributed by atoms with van der Waals surface area (Å²) in [6.45, 7) is 6.84. The monoisotopic (exact) mass is 317 g/mol. The van der Waals surface area contributed by atoms with Crippen molar-refractivity contribution < 1.29 is 27.5 Å². The summed E-state index contributed by atoms with van der Waals surface area (Å²) in [4.78, 5) is 11.0. The minimum absolute atomic E-state index is 0.0626. The lowest BCUT2D eigenvalue weighted by Crippen LogP contribution is -2.50. The molecule has 0 saturated carbocycles. The van der Waals surface area contributed by atoms with Crippen LogP contribution in [0.25, 0.3) is 0 Å². The van der Waals surface area contributed by atoms with Crippen LogP contribution < -0.4 is 4.72 Å². The van der Waals surface area contributed by atoms with Crippen LogP contribution in [0.15, 0.2) is 9.31 Å². The fourth-order valence-electron chi connectivity index (χ4n) is 2.56. The number of nitrogens with one attached hydrogen (secondary N) is 1. The maximum Gasteiger partial charge on any atom is 0.340 e. The van der Waals surface area contributed by atoms with Gasteiger partial charge >= 0.3 is 5.97 Å². The highest BCUT2D eigenvalue weighted by Crippen LogP contribution is 2.31. The van der Waals surface area contributed by atoms with Crippen LogP contribution in [0.3, 0.4) is 0 Å². The van der Waals surface area contributed by atoms with Crippen LogP contribution in [0.1, 0.15) is 42.1 Å². The van der Waals surface area contributed by atoms with Gasteiger partial charge in [-0.15, -0.1) is 0 Å². The van der Waals surface area contributed by atoms with E-state index in [0.717, 1.165) is 0 Å². The predicted octanol–water partition coefficient (Wildman–Crippen LogP) is 1.44. The lowest BCUT2D eigenvalue weighted by Gasteiger charge is -2.28. The van der Waals surface area contributed by atoms with E-state index in [9.17, 15) is 18.3 Å². The molecule has 0 radical (unpaired) electrons. The molecule has 0 aromatic carbocycles. The van der Waals surface area contributed by atoms with E-state index in [1.165, 1.54) is 13.8 Å². The maximum atomic E-state index is 12.6. The van der Waals surface area contributed by atoms with E-state index in [0.29, 0.717) is 13.0 Å². The third kappa shape index (κ3) is 2.70. The second-order valence-corrected chi connectivity index (χ2v) is 7.13. The molecule has 2 N–H and O–H groups in total. The van der Waals surface area contributed by atoms with Gasteiger partial charge in [-0.3, -0.25) is 0 Å². The van der Waals surface area contributed by atoms with E-state index in [2.05, 4.69) is 4.72 Å². The van der Waals surface area contributed by atoms with Crippen LogP contribution in [0, 0.1) is 13.8 Å².